The van der Waals surface area contributed by atoms with Crippen molar-refractivity contribution in [2.45, 2.75) is 18.6 Å². The number of likely N-dealkylation sites (N-methyl/N-ethyl adjacent to an activating group) is 1. The van der Waals surface area contributed by atoms with Crippen LogP contribution in [0.2, 0.25) is 0 Å². The highest BCUT2D eigenvalue weighted by Crippen LogP contribution is 2.50. The second kappa shape index (κ2) is 7.12. The zero-order valence-corrected chi connectivity index (χ0v) is 16.7. The number of methoxy groups -OCH3 is 1. The van der Waals surface area contributed by atoms with Gasteiger partial charge in [0.15, 0.2) is 17.3 Å². The topological polar surface area (TPSA) is 74.5 Å². The number of hydrogen-bond acceptors (Lipinski definition) is 7. The molecule has 8 nitrogen and oxygen atoms in total. The minimum absolute atomic E-state index is 0.0943. The monoisotopic (exact) mass is 433 g/mol. The van der Waals surface area contributed by atoms with Crippen LogP contribution in [0.5, 0.6) is 17.2 Å². The number of fused-ring (bicyclic) bond motifs is 2. The highest BCUT2D eigenvalue weighted by molar-refractivity contribution is 5.62. The Labute approximate surface area is 175 Å². The minimum atomic E-state index is -4.47. The highest BCUT2D eigenvalue weighted by Gasteiger charge is 2.38. The predicted octanol–water partition coefficient (Wildman–Crippen LogP) is 3.00. The van der Waals surface area contributed by atoms with E-state index in [2.05, 4.69) is 15.5 Å². The van der Waals surface area contributed by atoms with Crippen molar-refractivity contribution in [3.63, 3.8) is 0 Å². The molecule has 0 N–H and O–H groups in total. The van der Waals surface area contributed by atoms with Crippen LogP contribution in [0, 0.1) is 0 Å². The zero-order valence-electron chi connectivity index (χ0n) is 16.7. The Balaban J connectivity index is 1.67. The van der Waals surface area contributed by atoms with E-state index in [0.29, 0.717) is 29.6 Å². The number of nitrogens with zero attached hydrogens (tertiary/aromatic N) is 5. The lowest BCUT2D eigenvalue weighted by molar-refractivity contribution is -0.137. The molecule has 0 spiro atoms. The molecule has 0 radical (unpaired) electrons. The first-order valence-electron chi connectivity index (χ1n) is 9.54. The standard InChI is InChI=1S/C20H18F3N5O3/c1-27-7-6-11-8-14-17(31-10-30-14)18(29-2)15(11)16(27)19-24-25-26-28(19)13-5-3-4-12(9-13)20(21,22)23/h3-5,8-9,16H,6-7,10H2,1-2H3/t16-/m1/s1. The lowest BCUT2D eigenvalue weighted by Crippen LogP contribution is -2.35. The minimum Gasteiger partial charge on any atom is -0.492 e. The van der Waals surface area contributed by atoms with E-state index in [-0.39, 0.29) is 12.5 Å². The summed E-state index contributed by atoms with van der Waals surface area (Å²) in [5.74, 6) is 2.00. The largest absolute Gasteiger partial charge is 0.492 e. The van der Waals surface area contributed by atoms with Crippen molar-refractivity contribution >= 4 is 0 Å². The molecule has 0 bridgehead atoms. The van der Waals surface area contributed by atoms with Gasteiger partial charge in [-0.1, -0.05) is 6.07 Å². The van der Waals surface area contributed by atoms with Crippen LogP contribution in [0.4, 0.5) is 13.2 Å². The van der Waals surface area contributed by atoms with E-state index in [4.69, 9.17) is 14.2 Å². The van der Waals surface area contributed by atoms with Gasteiger partial charge in [0.05, 0.1) is 18.4 Å². The van der Waals surface area contributed by atoms with Gasteiger partial charge >= 0.3 is 6.18 Å². The van der Waals surface area contributed by atoms with Crippen LogP contribution in [0.15, 0.2) is 30.3 Å². The third-order valence-corrected chi connectivity index (χ3v) is 5.55. The van der Waals surface area contributed by atoms with E-state index >= 15 is 0 Å². The third-order valence-electron chi connectivity index (χ3n) is 5.55. The summed E-state index contributed by atoms with van der Waals surface area (Å²) in [4.78, 5) is 2.03. The smallest absolute Gasteiger partial charge is 0.416 e. The number of rotatable bonds is 3. The fraction of sp³-hybridized carbons (Fsp3) is 0.350. The molecule has 0 fully saturated rings. The van der Waals surface area contributed by atoms with Gasteiger partial charge < -0.3 is 14.2 Å². The highest BCUT2D eigenvalue weighted by atomic mass is 19.4. The summed E-state index contributed by atoms with van der Waals surface area (Å²) in [6.07, 6.45) is -3.74. The molecule has 0 amide bonds. The van der Waals surface area contributed by atoms with Gasteiger partial charge in [0, 0.05) is 12.1 Å². The molecule has 0 aliphatic carbocycles. The predicted molar refractivity (Wildman–Crippen MR) is 101 cm³/mol. The lowest BCUT2D eigenvalue weighted by Gasteiger charge is -2.34. The van der Waals surface area contributed by atoms with Gasteiger partial charge in [-0.3, -0.25) is 4.90 Å². The second-order valence-electron chi connectivity index (χ2n) is 7.35. The molecule has 0 saturated heterocycles. The van der Waals surface area contributed by atoms with Crippen LogP contribution < -0.4 is 14.2 Å². The Morgan fingerprint density at radius 3 is 2.81 bits per heavy atom. The van der Waals surface area contributed by atoms with Crippen LogP contribution in [0.25, 0.3) is 5.69 Å². The summed E-state index contributed by atoms with van der Waals surface area (Å²) in [5.41, 5.74) is 1.24. The molecule has 0 unspecified atom stereocenters. The lowest BCUT2D eigenvalue weighted by atomic mass is 9.90. The van der Waals surface area contributed by atoms with Crippen molar-refractivity contribution in [2.75, 3.05) is 27.5 Å². The Kier molecular flexibility index (Phi) is 4.50. The van der Waals surface area contributed by atoms with Crippen molar-refractivity contribution in [3.8, 4) is 22.9 Å². The molecular formula is C20H18F3N5O3. The first-order valence-corrected chi connectivity index (χ1v) is 9.54. The molecule has 11 heteroatoms. The maximum absolute atomic E-state index is 13.2. The number of ether oxygens (including phenoxy) is 3. The summed E-state index contributed by atoms with van der Waals surface area (Å²) in [7, 11) is 3.45. The van der Waals surface area contributed by atoms with Crippen molar-refractivity contribution in [3.05, 3.63) is 52.8 Å². The van der Waals surface area contributed by atoms with Crippen LogP contribution in [-0.4, -0.2) is 52.6 Å². The molecule has 0 saturated carbocycles. The molecule has 1 aromatic heterocycles. The van der Waals surface area contributed by atoms with Crippen molar-refractivity contribution < 1.29 is 27.4 Å². The fourth-order valence-electron chi connectivity index (χ4n) is 4.12. The summed E-state index contributed by atoms with van der Waals surface area (Å²) < 4.78 is 57.9. The van der Waals surface area contributed by atoms with Crippen LogP contribution >= 0.6 is 0 Å². The summed E-state index contributed by atoms with van der Waals surface area (Å²) >= 11 is 0. The Morgan fingerprint density at radius 1 is 1.19 bits per heavy atom. The van der Waals surface area contributed by atoms with Gasteiger partial charge in [0.25, 0.3) is 0 Å². The summed E-state index contributed by atoms with van der Waals surface area (Å²) in [6.45, 7) is 0.785. The van der Waals surface area contributed by atoms with Crippen molar-refractivity contribution in [1.82, 2.24) is 25.1 Å². The van der Waals surface area contributed by atoms with E-state index in [0.717, 1.165) is 29.7 Å². The fourth-order valence-corrected chi connectivity index (χ4v) is 4.12. The first kappa shape index (κ1) is 19.6. The van der Waals surface area contributed by atoms with Crippen LogP contribution in [-0.2, 0) is 12.6 Å². The molecule has 2 aliphatic heterocycles. The van der Waals surface area contributed by atoms with Crippen molar-refractivity contribution in [2.24, 2.45) is 0 Å². The third kappa shape index (κ3) is 3.16. The Morgan fingerprint density at radius 2 is 2.03 bits per heavy atom. The molecule has 3 heterocycles. The zero-order chi connectivity index (χ0) is 21.8. The summed E-state index contributed by atoms with van der Waals surface area (Å²) in [5, 5.41) is 11.9. The number of halogens is 3. The average Bonchev–Trinajstić information content (AvgIpc) is 3.41. The molecule has 3 aromatic rings. The van der Waals surface area contributed by atoms with E-state index in [1.54, 1.807) is 7.11 Å². The van der Waals surface area contributed by atoms with E-state index in [1.807, 2.05) is 18.0 Å². The number of benzene rings is 2. The Bertz CT molecular complexity index is 1150. The number of tetrazole rings is 1. The molecular weight excluding hydrogens is 415 g/mol. The van der Waals surface area contributed by atoms with Crippen molar-refractivity contribution in [1.29, 1.82) is 0 Å². The maximum Gasteiger partial charge on any atom is 0.416 e. The molecule has 2 aromatic carbocycles. The Hall–Kier alpha value is -3.34. The van der Waals surface area contributed by atoms with Gasteiger partial charge in [-0.05, 0) is 53.7 Å². The number of hydrogen-bond donors (Lipinski definition) is 0. The molecule has 162 valence electrons. The maximum atomic E-state index is 13.2. The van der Waals surface area contributed by atoms with Gasteiger partial charge in [0.1, 0.15) is 6.04 Å². The quantitative estimate of drug-likeness (QED) is 0.629. The molecule has 2 aliphatic rings. The van der Waals surface area contributed by atoms with Gasteiger partial charge in [-0.15, -0.1) is 5.10 Å². The molecule has 31 heavy (non-hydrogen) atoms. The van der Waals surface area contributed by atoms with Gasteiger partial charge in [-0.2, -0.15) is 17.9 Å². The van der Waals surface area contributed by atoms with Crippen LogP contribution in [0.1, 0.15) is 28.6 Å². The van der Waals surface area contributed by atoms with E-state index in [9.17, 15) is 13.2 Å². The first-order chi connectivity index (χ1) is 14.9. The SMILES string of the molecule is COc1c2c(cc3c1[C@H](c1nnnn1-c1cccc(C(F)(F)F)c1)N(C)CC3)OCO2. The van der Waals surface area contributed by atoms with Crippen LogP contribution in [0.3, 0.4) is 0 Å². The van der Waals surface area contributed by atoms with Gasteiger partial charge in [-0.25, -0.2) is 0 Å². The average molecular weight is 433 g/mol. The number of alkyl halides is 3. The normalized spacial score (nSPS) is 18.2. The number of aromatic nitrogens is 4. The summed E-state index contributed by atoms with van der Waals surface area (Å²) in [6, 6.07) is 6.37. The molecule has 5 rings (SSSR count). The molecule has 1 atom stereocenters. The van der Waals surface area contributed by atoms with Gasteiger partial charge in [0.2, 0.25) is 12.5 Å². The van der Waals surface area contributed by atoms with E-state index in [1.165, 1.54) is 16.8 Å². The second-order valence-corrected chi connectivity index (χ2v) is 7.35. The van der Waals surface area contributed by atoms with E-state index < -0.39 is 17.8 Å².